The number of aldehydes is 1. The average Bonchev–Trinajstić information content (AvgIpc) is 2.39. The third kappa shape index (κ3) is 2.34. The zero-order valence-corrected chi connectivity index (χ0v) is 10.6. The minimum Gasteiger partial charge on any atom is -0.298 e. The molecule has 0 aromatic heterocycles. The smallest absolute Gasteiger partial charge is 0.194 e. The van der Waals surface area contributed by atoms with Gasteiger partial charge in [0.05, 0.1) is 5.02 Å². The fourth-order valence-electron chi connectivity index (χ4n) is 1.68. The van der Waals surface area contributed by atoms with Crippen molar-refractivity contribution in [1.29, 1.82) is 0 Å². The van der Waals surface area contributed by atoms with E-state index in [2.05, 4.69) is 0 Å². The van der Waals surface area contributed by atoms with Gasteiger partial charge in [0.1, 0.15) is 0 Å². The lowest BCUT2D eigenvalue weighted by Gasteiger charge is -2.05. The maximum atomic E-state index is 12.2. The van der Waals surface area contributed by atoms with Gasteiger partial charge in [0.2, 0.25) is 0 Å². The van der Waals surface area contributed by atoms with Gasteiger partial charge in [-0.1, -0.05) is 53.6 Å². The highest BCUT2D eigenvalue weighted by Crippen LogP contribution is 2.22. The van der Waals surface area contributed by atoms with Crippen molar-refractivity contribution < 1.29 is 9.59 Å². The van der Waals surface area contributed by atoms with E-state index in [9.17, 15) is 9.59 Å². The summed E-state index contributed by atoms with van der Waals surface area (Å²) in [6.45, 7) is 1.95. The van der Waals surface area contributed by atoms with Crippen molar-refractivity contribution in [3.63, 3.8) is 0 Å². The van der Waals surface area contributed by atoms with E-state index in [-0.39, 0.29) is 10.8 Å². The standard InChI is InChI=1S/C15H11ClO2/c1-10-5-7-11(8-6-10)15(18)13-4-2-3-12(9-17)14(13)16/h2-9H,1H3. The van der Waals surface area contributed by atoms with Crippen molar-refractivity contribution in [2.24, 2.45) is 0 Å². The molecule has 0 saturated carbocycles. The Labute approximate surface area is 110 Å². The number of benzene rings is 2. The molecular weight excluding hydrogens is 248 g/mol. The van der Waals surface area contributed by atoms with Gasteiger partial charge in [-0.15, -0.1) is 0 Å². The van der Waals surface area contributed by atoms with Crippen LogP contribution in [-0.4, -0.2) is 12.1 Å². The summed E-state index contributed by atoms with van der Waals surface area (Å²) in [6.07, 6.45) is 0.647. The van der Waals surface area contributed by atoms with Crippen molar-refractivity contribution in [2.45, 2.75) is 6.92 Å². The summed E-state index contributed by atoms with van der Waals surface area (Å²) in [5.74, 6) is -0.177. The Balaban J connectivity index is 2.46. The molecule has 90 valence electrons. The molecule has 0 unspecified atom stereocenters. The monoisotopic (exact) mass is 258 g/mol. The van der Waals surface area contributed by atoms with Crippen LogP contribution in [0.25, 0.3) is 0 Å². The third-order valence-corrected chi connectivity index (χ3v) is 3.14. The highest BCUT2D eigenvalue weighted by atomic mass is 35.5. The molecule has 0 heterocycles. The lowest BCUT2D eigenvalue weighted by molar-refractivity contribution is 0.103. The van der Waals surface area contributed by atoms with Gasteiger partial charge < -0.3 is 0 Å². The molecule has 0 aliphatic carbocycles. The largest absolute Gasteiger partial charge is 0.298 e. The summed E-state index contributed by atoms with van der Waals surface area (Å²) in [4.78, 5) is 23.0. The molecule has 0 bridgehead atoms. The molecule has 0 saturated heterocycles. The highest BCUT2D eigenvalue weighted by molar-refractivity contribution is 6.37. The van der Waals surface area contributed by atoms with Crippen LogP contribution in [0.3, 0.4) is 0 Å². The van der Waals surface area contributed by atoms with E-state index in [1.54, 1.807) is 30.3 Å². The Hall–Kier alpha value is -1.93. The minimum atomic E-state index is -0.177. The Kier molecular flexibility index (Phi) is 3.58. The zero-order valence-electron chi connectivity index (χ0n) is 9.81. The van der Waals surface area contributed by atoms with Crippen LogP contribution in [0, 0.1) is 6.92 Å². The van der Waals surface area contributed by atoms with E-state index in [1.165, 1.54) is 0 Å². The molecule has 0 fully saturated rings. The topological polar surface area (TPSA) is 34.1 Å². The second kappa shape index (κ2) is 5.15. The van der Waals surface area contributed by atoms with Crippen molar-refractivity contribution in [1.82, 2.24) is 0 Å². The number of rotatable bonds is 3. The van der Waals surface area contributed by atoms with Crippen molar-refractivity contribution in [2.75, 3.05) is 0 Å². The van der Waals surface area contributed by atoms with Crippen LogP contribution in [0.5, 0.6) is 0 Å². The number of aryl methyl sites for hydroxylation is 1. The third-order valence-electron chi connectivity index (χ3n) is 2.71. The molecule has 2 rings (SSSR count). The van der Waals surface area contributed by atoms with Crippen molar-refractivity contribution in [3.8, 4) is 0 Å². The van der Waals surface area contributed by atoms with E-state index < -0.39 is 0 Å². The molecule has 2 aromatic rings. The number of carbonyl (C=O) groups is 2. The van der Waals surface area contributed by atoms with E-state index in [0.29, 0.717) is 23.0 Å². The summed E-state index contributed by atoms with van der Waals surface area (Å²) in [5.41, 5.74) is 2.32. The molecule has 0 N–H and O–H groups in total. The van der Waals surface area contributed by atoms with E-state index >= 15 is 0 Å². The van der Waals surface area contributed by atoms with Gasteiger partial charge in [-0.05, 0) is 13.0 Å². The second-order valence-electron chi connectivity index (χ2n) is 4.02. The molecule has 0 radical (unpaired) electrons. The molecule has 3 heteroatoms. The minimum absolute atomic E-state index is 0.177. The molecule has 0 aliphatic rings. The van der Waals surface area contributed by atoms with Crippen LogP contribution in [0.1, 0.15) is 31.8 Å². The van der Waals surface area contributed by atoms with Gasteiger partial charge in [-0.25, -0.2) is 0 Å². The van der Waals surface area contributed by atoms with Gasteiger partial charge >= 0.3 is 0 Å². The molecule has 2 aromatic carbocycles. The zero-order chi connectivity index (χ0) is 13.1. The van der Waals surface area contributed by atoms with E-state index in [1.807, 2.05) is 19.1 Å². The Morgan fingerprint density at radius 1 is 1.11 bits per heavy atom. The van der Waals surface area contributed by atoms with Crippen LogP contribution in [-0.2, 0) is 0 Å². The summed E-state index contributed by atoms with van der Waals surface area (Å²) < 4.78 is 0. The maximum Gasteiger partial charge on any atom is 0.194 e. The molecular formula is C15H11ClO2. The summed E-state index contributed by atoms with van der Waals surface area (Å²) in [5, 5.41) is 0.207. The first-order valence-corrected chi connectivity index (χ1v) is 5.86. The summed E-state index contributed by atoms with van der Waals surface area (Å²) in [6, 6.07) is 12.1. The summed E-state index contributed by atoms with van der Waals surface area (Å²) in [7, 11) is 0. The first kappa shape index (κ1) is 12.5. The fraction of sp³-hybridized carbons (Fsp3) is 0.0667. The Morgan fingerprint density at radius 2 is 1.78 bits per heavy atom. The van der Waals surface area contributed by atoms with Crippen LogP contribution >= 0.6 is 11.6 Å². The molecule has 0 spiro atoms. The predicted molar refractivity (Wildman–Crippen MR) is 71.5 cm³/mol. The molecule has 18 heavy (non-hydrogen) atoms. The van der Waals surface area contributed by atoms with Crippen molar-refractivity contribution in [3.05, 3.63) is 69.7 Å². The van der Waals surface area contributed by atoms with Crippen LogP contribution in [0.15, 0.2) is 42.5 Å². The fourth-order valence-corrected chi connectivity index (χ4v) is 1.93. The molecule has 0 aliphatic heterocycles. The van der Waals surface area contributed by atoms with Gasteiger partial charge in [0.25, 0.3) is 0 Å². The normalized spacial score (nSPS) is 10.1. The quantitative estimate of drug-likeness (QED) is 0.621. The second-order valence-corrected chi connectivity index (χ2v) is 4.40. The van der Waals surface area contributed by atoms with Gasteiger partial charge in [0.15, 0.2) is 12.1 Å². The molecule has 0 amide bonds. The number of hydrogen-bond donors (Lipinski definition) is 0. The van der Waals surface area contributed by atoms with E-state index in [4.69, 9.17) is 11.6 Å². The van der Waals surface area contributed by atoms with Crippen LogP contribution in [0.4, 0.5) is 0 Å². The first-order chi connectivity index (χ1) is 8.63. The van der Waals surface area contributed by atoms with Gasteiger partial charge in [-0.3, -0.25) is 9.59 Å². The lowest BCUT2D eigenvalue weighted by atomic mass is 10.0. The van der Waals surface area contributed by atoms with Gasteiger partial charge in [0, 0.05) is 16.7 Å². The van der Waals surface area contributed by atoms with Gasteiger partial charge in [-0.2, -0.15) is 0 Å². The summed E-state index contributed by atoms with van der Waals surface area (Å²) >= 11 is 6.03. The number of ketones is 1. The maximum absolute atomic E-state index is 12.2. The van der Waals surface area contributed by atoms with Crippen molar-refractivity contribution >= 4 is 23.7 Å². The van der Waals surface area contributed by atoms with Crippen LogP contribution < -0.4 is 0 Å². The number of halogens is 1. The Morgan fingerprint density at radius 3 is 2.39 bits per heavy atom. The lowest BCUT2D eigenvalue weighted by Crippen LogP contribution is -2.03. The highest BCUT2D eigenvalue weighted by Gasteiger charge is 2.14. The Bertz CT molecular complexity index is 600. The average molecular weight is 259 g/mol. The number of carbonyl (C=O) groups excluding carboxylic acids is 2. The van der Waals surface area contributed by atoms with Crippen LogP contribution in [0.2, 0.25) is 5.02 Å². The van der Waals surface area contributed by atoms with E-state index in [0.717, 1.165) is 5.56 Å². The predicted octanol–water partition coefficient (Wildman–Crippen LogP) is 3.69. The first-order valence-electron chi connectivity index (χ1n) is 5.48. The molecule has 2 nitrogen and oxygen atoms in total. The SMILES string of the molecule is Cc1ccc(C(=O)c2cccc(C=O)c2Cl)cc1. The molecule has 0 atom stereocenters. The number of hydrogen-bond acceptors (Lipinski definition) is 2.